The maximum absolute atomic E-state index is 11.1. The fraction of sp³-hybridized carbons (Fsp3) is 0.250. The molecule has 64 valence electrons. The minimum absolute atomic E-state index is 0.180. The van der Waals surface area contributed by atoms with Gasteiger partial charge in [0.05, 0.1) is 0 Å². The summed E-state index contributed by atoms with van der Waals surface area (Å²) >= 11 is 0. The Morgan fingerprint density at radius 1 is 1.50 bits per heavy atom. The first kappa shape index (κ1) is 8.52. The van der Waals surface area contributed by atoms with E-state index in [1.54, 1.807) is 19.9 Å². The van der Waals surface area contributed by atoms with Gasteiger partial charge in [0.1, 0.15) is 5.56 Å². The molecule has 4 heteroatoms. The molecule has 0 spiro atoms. The molecule has 1 heterocycles. The summed E-state index contributed by atoms with van der Waals surface area (Å²) in [6, 6.07) is 1.63. The van der Waals surface area contributed by atoms with Gasteiger partial charge in [0.15, 0.2) is 0 Å². The van der Waals surface area contributed by atoms with Crippen LogP contribution in [0.4, 0.5) is 0 Å². The van der Waals surface area contributed by atoms with E-state index in [2.05, 4.69) is 4.98 Å². The molecule has 0 bridgehead atoms. The van der Waals surface area contributed by atoms with Gasteiger partial charge in [-0.05, 0) is 25.5 Å². The summed E-state index contributed by atoms with van der Waals surface area (Å²) in [5, 5.41) is 8.62. The van der Waals surface area contributed by atoms with Crippen LogP contribution in [0.25, 0.3) is 0 Å². The summed E-state index contributed by atoms with van der Waals surface area (Å²) in [7, 11) is 0. The van der Waals surface area contributed by atoms with E-state index in [4.69, 9.17) is 5.11 Å². The Morgan fingerprint density at radius 3 is 2.50 bits per heavy atom. The number of nitrogens with one attached hydrogen (secondary N) is 1. The van der Waals surface area contributed by atoms with Crippen molar-refractivity contribution in [2.45, 2.75) is 13.8 Å². The molecule has 0 amide bonds. The molecule has 0 saturated heterocycles. The largest absolute Gasteiger partial charge is 0.477 e. The van der Waals surface area contributed by atoms with Crippen molar-refractivity contribution in [1.29, 1.82) is 0 Å². The third-order valence-electron chi connectivity index (χ3n) is 1.58. The summed E-state index contributed by atoms with van der Waals surface area (Å²) in [6.07, 6.45) is 0. The van der Waals surface area contributed by atoms with Gasteiger partial charge in [-0.25, -0.2) is 4.79 Å². The van der Waals surface area contributed by atoms with Crippen LogP contribution < -0.4 is 5.56 Å². The van der Waals surface area contributed by atoms with Crippen LogP contribution in [-0.4, -0.2) is 16.1 Å². The van der Waals surface area contributed by atoms with Crippen molar-refractivity contribution in [2.75, 3.05) is 0 Å². The smallest absolute Gasteiger partial charge is 0.341 e. The number of hydrogen-bond donors (Lipinski definition) is 2. The van der Waals surface area contributed by atoms with E-state index >= 15 is 0 Å². The van der Waals surface area contributed by atoms with Gasteiger partial charge in [-0.2, -0.15) is 0 Å². The van der Waals surface area contributed by atoms with Crippen LogP contribution in [0.15, 0.2) is 10.9 Å². The number of carboxylic acid groups (broad SMARTS) is 1. The van der Waals surface area contributed by atoms with Gasteiger partial charge in [0.2, 0.25) is 0 Å². The van der Waals surface area contributed by atoms with Gasteiger partial charge in [0.25, 0.3) is 5.56 Å². The van der Waals surface area contributed by atoms with Crippen molar-refractivity contribution < 1.29 is 9.90 Å². The summed E-state index contributed by atoms with van der Waals surface area (Å²) in [5.74, 6) is -1.19. The lowest BCUT2D eigenvalue weighted by Gasteiger charge is -1.99. The fourth-order valence-electron chi connectivity index (χ4n) is 1.12. The van der Waals surface area contributed by atoms with Crippen LogP contribution in [0.3, 0.4) is 0 Å². The van der Waals surface area contributed by atoms with E-state index < -0.39 is 11.5 Å². The van der Waals surface area contributed by atoms with Crippen LogP contribution >= 0.6 is 0 Å². The molecule has 1 aromatic heterocycles. The van der Waals surface area contributed by atoms with E-state index in [0.29, 0.717) is 11.3 Å². The zero-order valence-corrected chi connectivity index (χ0v) is 6.84. The highest BCUT2D eigenvalue weighted by Crippen LogP contribution is 2.02. The van der Waals surface area contributed by atoms with Crippen LogP contribution in [-0.2, 0) is 0 Å². The third-order valence-corrected chi connectivity index (χ3v) is 1.58. The van der Waals surface area contributed by atoms with Crippen LogP contribution in [0.5, 0.6) is 0 Å². The molecule has 0 aliphatic heterocycles. The Kier molecular flexibility index (Phi) is 1.99. The van der Waals surface area contributed by atoms with Crippen LogP contribution in [0, 0.1) is 13.8 Å². The van der Waals surface area contributed by atoms with Crippen molar-refractivity contribution >= 4 is 5.97 Å². The number of hydrogen-bond acceptors (Lipinski definition) is 2. The number of pyridine rings is 1. The number of aryl methyl sites for hydroxylation is 2. The molecule has 0 aliphatic rings. The monoisotopic (exact) mass is 167 g/mol. The number of carbonyl (C=O) groups is 1. The molecule has 0 radical (unpaired) electrons. The number of aromatic nitrogens is 1. The second-order valence-corrected chi connectivity index (χ2v) is 2.64. The summed E-state index contributed by atoms with van der Waals surface area (Å²) in [5.41, 5.74) is 0.437. The normalized spacial score (nSPS) is 9.83. The van der Waals surface area contributed by atoms with E-state index in [1.807, 2.05) is 0 Å². The molecular formula is C8H9NO3. The number of aromatic amines is 1. The van der Waals surface area contributed by atoms with Crippen molar-refractivity contribution in [1.82, 2.24) is 4.98 Å². The second-order valence-electron chi connectivity index (χ2n) is 2.64. The zero-order valence-electron chi connectivity index (χ0n) is 6.84. The van der Waals surface area contributed by atoms with Gasteiger partial charge in [-0.1, -0.05) is 0 Å². The Hall–Kier alpha value is -1.58. The minimum atomic E-state index is -1.19. The maximum Gasteiger partial charge on any atom is 0.341 e. The highest BCUT2D eigenvalue weighted by atomic mass is 16.4. The molecular weight excluding hydrogens is 158 g/mol. The average molecular weight is 167 g/mol. The standard InChI is InChI=1S/C8H9NO3/c1-4-3-5(2)9-7(10)6(4)8(11)12/h3H,1-2H3,(H,9,10)(H,11,12). The highest BCUT2D eigenvalue weighted by molar-refractivity contribution is 5.88. The van der Waals surface area contributed by atoms with Gasteiger partial charge < -0.3 is 10.1 Å². The third kappa shape index (κ3) is 1.37. The van der Waals surface area contributed by atoms with Gasteiger partial charge in [0, 0.05) is 5.69 Å². The number of aromatic carboxylic acids is 1. The van der Waals surface area contributed by atoms with Gasteiger partial charge in [-0.3, -0.25) is 4.79 Å². The minimum Gasteiger partial charge on any atom is -0.477 e. The lowest BCUT2D eigenvalue weighted by atomic mass is 10.1. The molecule has 1 aromatic rings. The molecule has 2 N–H and O–H groups in total. The van der Waals surface area contributed by atoms with E-state index in [0.717, 1.165) is 0 Å². The molecule has 0 fully saturated rings. The Bertz CT molecular complexity index is 378. The average Bonchev–Trinajstić information content (AvgIpc) is 1.82. The molecule has 12 heavy (non-hydrogen) atoms. The van der Waals surface area contributed by atoms with Gasteiger partial charge in [-0.15, -0.1) is 0 Å². The van der Waals surface area contributed by atoms with Crippen molar-refractivity contribution in [3.8, 4) is 0 Å². The van der Waals surface area contributed by atoms with E-state index in [1.165, 1.54) is 0 Å². The molecule has 0 aromatic carbocycles. The van der Waals surface area contributed by atoms with E-state index in [9.17, 15) is 9.59 Å². The quantitative estimate of drug-likeness (QED) is 0.646. The zero-order chi connectivity index (χ0) is 9.30. The van der Waals surface area contributed by atoms with Crippen molar-refractivity contribution in [3.63, 3.8) is 0 Å². The summed E-state index contributed by atoms with van der Waals surface area (Å²) < 4.78 is 0. The Labute approximate surface area is 68.9 Å². The molecule has 4 nitrogen and oxygen atoms in total. The van der Waals surface area contributed by atoms with Crippen molar-refractivity contribution in [3.05, 3.63) is 33.2 Å². The molecule has 0 aliphatic carbocycles. The molecule has 0 atom stereocenters. The van der Waals surface area contributed by atoms with Gasteiger partial charge >= 0.3 is 5.97 Å². The predicted octanol–water partition coefficient (Wildman–Crippen LogP) is 0.690. The fourth-order valence-corrected chi connectivity index (χ4v) is 1.12. The van der Waals surface area contributed by atoms with E-state index in [-0.39, 0.29) is 5.56 Å². The highest BCUT2D eigenvalue weighted by Gasteiger charge is 2.11. The lowest BCUT2D eigenvalue weighted by molar-refractivity contribution is 0.0694. The first-order valence-electron chi connectivity index (χ1n) is 3.46. The predicted molar refractivity (Wildman–Crippen MR) is 43.5 cm³/mol. The first-order valence-corrected chi connectivity index (χ1v) is 3.46. The Morgan fingerprint density at radius 2 is 2.08 bits per heavy atom. The molecule has 0 unspecified atom stereocenters. The number of rotatable bonds is 1. The Balaban J connectivity index is 3.49. The topological polar surface area (TPSA) is 70.2 Å². The lowest BCUT2D eigenvalue weighted by Crippen LogP contribution is -2.19. The summed E-state index contributed by atoms with van der Waals surface area (Å²) in [4.78, 5) is 24.0. The molecule has 0 saturated carbocycles. The van der Waals surface area contributed by atoms with Crippen LogP contribution in [0.1, 0.15) is 21.6 Å². The maximum atomic E-state index is 11.1. The number of carboxylic acids is 1. The van der Waals surface area contributed by atoms with Crippen molar-refractivity contribution in [2.24, 2.45) is 0 Å². The number of H-pyrrole nitrogens is 1. The summed E-state index contributed by atoms with van der Waals surface area (Å²) in [6.45, 7) is 3.31. The second kappa shape index (κ2) is 2.81. The SMILES string of the molecule is Cc1cc(C)c(C(=O)O)c(=O)[nH]1. The first-order chi connectivity index (χ1) is 5.52. The molecule has 1 rings (SSSR count). The van der Waals surface area contributed by atoms with Crippen LogP contribution in [0.2, 0.25) is 0 Å².